The van der Waals surface area contributed by atoms with Crippen LogP contribution < -0.4 is 15.9 Å². The number of hydrogen-bond acceptors (Lipinski definition) is 6. The smallest absolute Gasteiger partial charge is 0.363 e. The van der Waals surface area contributed by atoms with Crippen molar-refractivity contribution in [2.24, 2.45) is 5.10 Å². The lowest BCUT2D eigenvalue weighted by Gasteiger charge is -2.06. The third-order valence-corrected chi connectivity index (χ3v) is 3.10. The molecule has 3 rings (SSSR count). The Hall–Kier alpha value is -3.48. The minimum absolute atomic E-state index is 0.312. The second-order valence-corrected chi connectivity index (χ2v) is 4.93. The number of nitrogens with zero attached hydrogens (tertiary/aromatic N) is 3. The van der Waals surface area contributed by atoms with Gasteiger partial charge < -0.3 is 4.74 Å². The molecular formula is C17H15N5O2. The number of H-pyrrole nitrogens is 1. The maximum Gasteiger partial charge on any atom is 0.363 e. The van der Waals surface area contributed by atoms with E-state index in [-0.39, 0.29) is 0 Å². The first kappa shape index (κ1) is 15.4. The number of aryl methyl sites for hydroxylation is 1. The number of hydrazone groups is 1. The van der Waals surface area contributed by atoms with E-state index in [1.807, 2.05) is 54.6 Å². The second-order valence-electron chi connectivity index (χ2n) is 4.93. The van der Waals surface area contributed by atoms with E-state index in [2.05, 4.69) is 25.7 Å². The summed E-state index contributed by atoms with van der Waals surface area (Å²) in [5.41, 5.74) is 3.56. The van der Waals surface area contributed by atoms with Gasteiger partial charge >= 0.3 is 5.69 Å². The van der Waals surface area contributed by atoms with Crippen LogP contribution in [-0.2, 0) is 0 Å². The standard InChI is InChI=1S/C17H15N5O2/c1-12-16(19-17(23)22-20-12)21-18-11-13-6-5-9-15(10-13)24-14-7-3-2-4-8-14/h2-11H,1H3,(H2,19,21,22,23). The summed E-state index contributed by atoms with van der Waals surface area (Å²) in [6, 6.07) is 17.0. The predicted molar refractivity (Wildman–Crippen MR) is 91.6 cm³/mol. The highest BCUT2D eigenvalue weighted by molar-refractivity contribution is 5.80. The second kappa shape index (κ2) is 7.19. The molecule has 0 aliphatic carbocycles. The zero-order valence-corrected chi connectivity index (χ0v) is 12.9. The molecule has 0 saturated heterocycles. The Morgan fingerprint density at radius 2 is 1.92 bits per heavy atom. The number of aromatic nitrogens is 3. The number of para-hydroxylation sites is 1. The maximum atomic E-state index is 11.2. The van der Waals surface area contributed by atoms with E-state index in [4.69, 9.17) is 4.74 Å². The van der Waals surface area contributed by atoms with Crippen molar-refractivity contribution in [2.75, 3.05) is 5.43 Å². The fraction of sp³-hybridized carbons (Fsp3) is 0.0588. The largest absolute Gasteiger partial charge is 0.457 e. The van der Waals surface area contributed by atoms with Crippen LogP contribution in [0.3, 0.4) is 0 Å². The Balaban J connectivity index is 1.70. The summed E-state index contributed by atoms with van der Waals surface area (Å²) < 4.78 is 5.77. The van der Waals surface area contributed by atoms with Gasteiger partial charge in [-0.3, -0.25) is 5.43 Å². The van der Waals surface area contributed by atoms with E-state index in [0.717, 1.165) is 11.3 Å². The number of anilines is 1. The number of nitrogens with one attached hydrogen (secondary N) is 2. The molecule has 0 bridgehead atoms. The van der Waals surface area contributed by atoms with Gasteiger partial charge in [0.2, 0.25) is 0 Å². The van der Waals surface area contributed by atoms with E-state index < -0.39 is 5.69 Å². The summed E-state index contributed by atoms with van der Waals surface area (Å²) in [5.74, 6) is 1.78. The summed E-state index contributed by atoms with van der Waals surface area (Å²) in [4.78, 5) is 14.9. The van der Waals surface area contributed by atoms with Crippen molar-refractivity contribution in [3.05, 3.63) is 76.3 Å². The van der Waals surface area contributed by atoms with Crippen LogP contribution in [0.5, 0.6) is 11.5 Å². The number of ether oxygens (including phenoxy) is 1. The molecule has 0 atom stereocenters. The van der Waals surface area contributed by atoms with Crippen LogP contribution in [-0.4, -0.2) is 21.4 Å². The Kier molecular flexibility index (Phi) is 4.62. The molecule has 0 radical (unpaired) electrons. The first-order chi connectivity index (χ1) is 11.7. The minimum Gasteiger partial charge on any atom is -0.457 e. The monoisotopic (exact) mass is 321 g/mol. The van der Waals surface area contributed by atoms with Crippen LogP contribution >= 0.6 is 0 Å². The number of rotatable bonds is 5. The van der Waals surface area contributed by atoms with Crippen LogP contribution in [0.1, 0.15) is 11.3 Å². The molecule has 1 aromatic heterocycles. The first-order valence-electron chi connectivity index (χ1n) is 7.26. The molecule has 0 aliphatic rings. The fourth-order valence-corrected chi connectivity index (χ4v) is 1.95. The van der Waals surface area contributed by atoms with Gasteiger partial charge in [-0.15, -0.1) is 0 Å². The number of benzene rings is 2. The summed E-state index contributed by atoms with van der Waals surface area (Å²) in [7, 11) is 0. The summed E-state index contributed by atoms with van der Waals surface area (Å²) in [6.45, 7) is 1.72. The van der Waals surface area contributed by atoms with E-state index in [1.165, 1.54) is 0 Å². The molecule has 7 nitrogen and oxygen atoms in total. The van der Waals surface area contributed by atoms with Gasteiger partial charge in [-0.25, -0.2) is 9.89 Å². The van der Waals surface area contributed by atoms with Gasteiger partial charge in [0, 0.05) is 0 Å². The molecule has 0 fully saturated rings. The molecule has 1 heterocycles. The van der Waals surface area contributed by atoms with E-state index >= 15 is 0 Å². The van der Waals surface area contributed by atoms with Crippen LogP contribution in [0.15, 0.2) is 64.5 Å². The Morgan fingerprint density at radius 1 is 1.12 bits per heavy atom. The Labute approximate surface area is 138 Å². The molecule has 2 aromatic carbocycles. The molecule has 0 spiro atoms. The first-order valence-corrected chi connectivity index (χ1v) is 7.26. The van der Waals surface area contributed by atoms with Gasteiger partial charge in [0.05, 0.1) is 6.21 Å². The Morgan fingerprint density at radius 3 is 2.75 bits per heavy atom. The average Bonchev–Trinajstić information content (AvgIpc) is 2.59. The maximum absolute atomic E-state index is 11.2. The molecule has 0 unspecified atom stereocenters. The zero-order valence-electron chi connectivity index (χ0n) is 12.9. The highest BCUT2D eigenvalue weighted by Gasteiger charge is 2.01. The van der Waals surface area contributed by atoms with E-state index in [0.29, 0.717) is 17.3 Å². The van der Waals surface area contributed by atoms with Crippen molar-refractivity contribution in [3.8, 4) is 11.5 Å². The third kappa shape index (κ3) is 4.04. The van der Waals surface area contributed by atoms with Crippen molar-refractivity contribution in [1.29, 1.82) is 0 Å². The van der Waals surface area contributed by atoms with E-state index in [1.54, 1.807) is 13.1 Å². The summed E-state index contributed by atoms with van der Waals surface area (Å²) >= 11 is 0. The van der Waals surface area contributed by atoms with Crippen LogP contribution in [0.2, 0.25) is 0 Å². The SMILES string of the molecule is Cc1n[nH]c(=O)nc1NN=Cc1cccc(Oc2ccccc2)c1. The highest BCUT2D eigenvalue weighted by atomic mass is 16.5. The molecule has 2 N–H and O–H groups in total. The van der Waals surface area contributed by atoms with Gasteiger partial charge in [0.1, 0.15) is 17.2 Å². The van der Waals surface area contributed by atoms with Crippen molar-refractivity contribution in [2.45, 2.75) is 6.92 Å². The van der Waals surface area contributed by atoms with Crippen LogP contribution in [0, 0.1) is 6.92 Å². The van der Waals surface area contributed by atoms with Crippen molar-refractivity contribution in [3.63, 3.8) is 0 Å². The molecule has 3 aromatic rings. The molecule has 120 valence electrons. The lowest BCUT2D eigenvalue weighted by Crippen LogP contribution is -2.15. The molecule has 0 amide bonds. The van der Waals surface area contributed by atoms with E-state index in [9.17, 15) is 4.79 Å². The lowest BCUT2D eigenvalue weighted by atomic mass is 10.2. The molecule has 0 aliphatic heterocycles. The summed E-state index contributed by atoms with van der Waals surface area (Å²) in [6.07, 6.45) is 1.61. The summed E-state index contributed by atoms with van der Waals surface area (Å²) in [5, 5.41) is 10.1. The van der Waals surface area contributed by atoms with Crippen molar-refractivity contribution < 1.29 is 4.74 Å². The van der Waals surface area contributed by atoms with Gasteiger partial charge in [0.15, 0.2) is 5.82 Å². The van der Waals surface area contributed by atoms with Gasteiger partial charge in [-0.05, 0) is 36.8 Å². The topological polar surface area (TPSA) is 92.3 Å². The predicted octanol–water partition coefficient (Wildman–Crippen LogP) is 2.71. The molecule has 7 heteroatoms. The van der Waals surface area contributed by atoms with Gasteiger partial charge in [0.25, 0.3) is 0 Å². The number of aromatic amines is 1. The molecule has 0 saturated carbocycles. The van der Waals surface area contributed by atoms with Crippen LogP contribution in [0.4, 0.5) is 5.82 Å². The zero-order chi connectivity index (χ0) is 16.8. The molecule has 24 heavy (non-hydrogen) atoms. The quantitative estimate of drug-likeness (QED) is 0.557. The van der Waals surface area contributed by atoms with Crippen molar-refractivity contribution in [1.82, 2.24) is 15.2 Å². The lowest BCUT2D eigenvalue weighted by molar-refractivity contribution is 0.482. The average molecular weight is 321 g/mol. The van der Waals surface area contributed by atoms with Crippen LogP contribution in [0.25, 0.3) is 0 Å². The van der Waals surface area contributed by atoms with Gasteiger partial charge in [-0.2, -0.15) is 15.2 Å². The third-order valence-electron chi connectivity index (χ3n) is 3.10. The fourth-order valence-electron chi connectivity index (χ4n) is 1.95. The highest BCUT2D eigenvalue weighted by Crippen LogP contribution is 2.21. The molecular weight excluding hydrogens is 306 g/mol. The minimum atomic E-state index is -0.531. The van der Waals surface area contributed by atoms with Gasteiger partial charge in [-0.1, -0.05) is 30.3 Å². The van der Waals surface area contributed by atoms with Crippen molar-refractivity contribution >= 4 is 12.0 Å². The Bertz CT molecular complexity index is 906. The normalized spacial score (nSPS) is 10.7. The number of hydrogen-bond donors (Lipinski definition) is 2.